The van der Waals surface area contributed by atoms with Crippen molar-refractivity contribution in [2.24, 2.45) is 5.73 Å². The predicted molar refractivity (Wildman–Crippen MR) is 61.6 cm³/mol. The SMILES string of the molecule is CCC(CO)NC(=O)C(N)CCS(C)(=O)=O. The van der Waals surface area contributed by atoms with E-state index >= 15 is 0 Å². The standard InChI is InChI=1S/C9H20N2O4S/c1-3-7(6-12)11-9(13)8(10)4-5-16(2,14)15/h7-8,12H,3-6,10H2,1-2H3,(H,11,13). The van der Waals surface area contributed by atoms with Crippen molar-refractivity contribution in [3.63, 3.8) is 0 Å². The maximum atomic E-state index is 11.4. The average molecular weight is 252 g/mol. The van der Waals surface area contributed by atoms with Gasteiger partial charge in [0, 0.05) is 6.26 Å². The van der Waals surface area contributed by atoms with E-state index in [1.165, 1.54) is 0 Å². The second kappa shape index (κ2) is 6.82. The molecule has 0 aromatic heterocycles. The maximum Gasteiger partial charge on any atom is 0.237 e. The minimum absolute atomic E-state index is 0.0898. The summed E-state index contributed by atoms with van der Waals surface area (Å²) in [6.07, 6.45) is 1.79. The first-order valence-electron chi connectivity index (χ1n) is 5.14. The first-order valence-corrected chi connectivity index (χ1v) is 7.20. The van der Waals surface area contributed by atoms with E-state index in [0.29, 0.717) is 6.42 Å². The number of nitrogens with one attached hydrogen (secondary N) is 1. The Labute approximate surface area is 96.1 Å². The van der Waals surface area contributed by atoms with Crippen LogP contribution in [-0.2, 0) is 14.6 Å². The Balaban J connectivity index is 4.09. The fraction of sp³-hybridized carbons (Fsp3) is 0.889. The summed E-state index contributed by atoms with van der Waals surface area (Å²) < 4.78 is 21.7. The van der Waals surface area contributed by atoms with E-state index in [1.54, 1.807) is 0 Å². The summed E-state index contributed by atoms with van der Waals surface area (Å²) in [5.41, 5.74) is 5.52. The Kier molecular flexibility index (Phi) is 6.54. The van der Waals surface area contributed by atoms with Crippen molar-refractivity contribution in [3.8, 4) is 0 Å². The van der Waals surface area contributed by atoms with Crippen LogP contribution in [0.2, 0.25) is 0 Å². The monoisotopic (exact) mass is 252 g/mol. The van der Waals surface area contributed by atoms with E-state index in [4.69, 9.17) is 10.8 Å². The molecular weight excluding hydrogens is 232 g/mol. The molecule has 7 heteroatoms. The van der Waals surface area contributed by atoms with Crippen molar-refractivity contribution in [1.82, 2.24) is 5.32 Å². The number of hydrogen-bond acceptors (Lipinski definition) is 5. The minimum Gasteiger partial charge on any atom is -0.394 e. The molecule has 2 atom stereocenters. The van der Waals surface area contributed by atoms with Crippen molar-refractivity contribution < 1.29 is 18.3 Å². The normalized spacial score (nSPS) is 15.5. The van der Waals surface area contributed by atoms with Gasteiger partial charge in [-0.1, -0.05) is 6.92 Å². The van der Waals surface area contributed by atoms with E-state index in [1.807, 2.05) is 6.92 Å². The van der Waals surface area contributed by atoms with Crippen LogP contribution < -0.4 is 11.1 Å². The lowest BCUT2D eigenvalue weighted by atomic mass is 10.2. The molecular formula is C9H20N2O4S. The molecule has 0 aliphatic rings. The number of amides is 1. The molecule has 16 heavy (non-hydrogen) atoms. The molecule has 0 saturated heterocycles. The number of aliphatic hydroxyl groups excluding tert-OH is 1. The molecule has 0 aromatic rings. The third kappa shape index (κ3) is 6.76. The Morgan fingerprint density at radius 3 is 2.44 bits per heavy atom. The van der Waals surface area contributed by atoms with Gasteiger partial charge in [-0.25, -0.2) is 8.42 Å². The van der Waals surface area contributed by atoms with Crippen LogP contribution in [0.25, 0.3) is 0 Å². The zero-order valence-corrected chi connectivity index (χ0v) is 10.5. The number of carbonyl (C=O) groups is 1. The van der Waals surface area contributed by atoms with Crippen LogP contribution in [0.3, 0.4) is 0 Å². The van der Waals surface area contributed by atoms with Crippen LogP contribution in [0, 0.1) is 0 Å². The summed E-state index contributed by atoms with van der Waals surface area (Å²) in [6.45, 7) is 1.67. The van der Waals surface area contributed by atoms with Gasteiger partial charge in [0.1, 0.15) is 9.84 Å². The summed E-state index contributed by atoms with van der Waals surface area (Å²) in [7, 11) is -3.10. The van der Waals surface area contributed by atoms with Gasteiger partial charge >= 0.3 is 0 Å². The molecule has 0 aliphatic heterocycles. The van der Waals surface area contributed by atoms with Crippen molar-refractivity contribution >= 4 is 15.7 Å². The third-order valence-corrected chi connectivity index (χ3v) is 3.17. The van der Waals surface area contributed by atoms with Crippen LogP contribution in [0.1, 0.15) is 19.8 Å². The van der Waals surface area contributed by atoms with E-state index in [-0.39, 0.29) is 24.8 Å². The van der Waals surface area contributed by atoms with Gasteiger partial charge in [0.15, 0.2) is 0 Å². The molecule has 1 amide bonds. The number of nitrogens with two attached hydrogens (primary N) is 1. The van der Waals surface area contributed by atoms with Crippen molar-refractivity contribution in [3.05, 3.63) is 0 Å². The molecule has 0 aliphatic carbocycles. The Bertz CT molecular complexity index is 311. The fourth-order valence-electron chi connectivity index (χ4n) is 1.06. The number of aliphatic hydroxyl groups is 1. The van der Waals surface area contributed by atoms with Gasteiger partial charge in [-0.3, -0.25) is 4.79 Å². The number of sulfone groups is 1. The predicted octanol–water partition coefficient (Wildman–Crippen LogP) is -1.36. The molecule has 0 rings (SSSR count). The lowest BCUT2D eigenvalue weighted by Crippen LogP contribution is -2.47. The van der Waals surface area contributed by atoms with Crippen LogP contribution >= 0.6 is 0 Å². The first kappa shape index (κ1) is 15.3. The lowest BCUT2D eigenvalue weighted by Gasteiger charge is -2.17. The maximum absolute atomic E-state index is 11.4. The highest BCUT2D eigenvalue weighted by atomic mass is 32.2. The van der Waals surface area contributed by atoms with E-state index in [2.05, 4.69) is 5.32 Å². The van der Waals surface area contributed by atoms with Crippen LogP contribution in [0.4, 0.5) is 0 Å². The van der Waals surface area contributed by atoms with Gasteiger partial charge in [-0.15, -0.1) is 0 Å². The van der Waals surface area contributed by atoms with Crippen LogP contribution in [-0.4, -0.2) is 50.1 Å². The molecule has 6 nitrogen and oxygen atoms in total. The molecule has 0 saturated carbocycles. The van der Waals surface area contributed by atoms with Crippen LogP contribution in [0.15, 0.2) is 0 Å². The number of hydrogen-bond donors (Lipinski definition) is 3. The molecule has 96 valence electrons. The third-order valence-electron chi connectivity index (χ3n) is 2.20. The topological polar surface area (TPSA) is 109 Å². The van der Waals surface area contributed by atoms with Gasteiger partial charge in [-0.2, -0.15) is 0 Å². The molecule has 4 N–H and O–H groups in total. The number of rotatable bonds is 7. The van der Waals surface area contributed by atoms with E-state index in [9.17, 15) is 13.2 Å². The van der Waals surface area contributed by atoms with Crippen LogP contribution in [0.5, 0.6) is 0 Å². The van der Waals surface area contributed by atoms with Gasteiger partial charge in [0.2, 0.25) is 5.91 Å². The van der Waals surface area contributed by atoms with Gasteiger partial charge in [0.25, 0.3) is 0 Å². The summed E-state index contributed by atoms with van der Waals surface area (Å²) in [5.74, 6) is -0.540. The highest BCUT2D eigenvalue weighted by Gasteiger charge is 2.18. The average Bonchev–Trinajstić information content (AvgIpc) is 2.20. The highest BCUT2D eigenvalue weighted by molar-refractivity contribution is 7.90. The van der Waals surface area contributed by atoms with Gasteiger partial charge < -0.3 is 16.2 Å². The summed E-state index contributed by atoms with van der Waals surface area (Å²) >= 11 is 0. The minimum atomic E-state index is -3.10. The smallest absolute Gasteiger partial charge is 0.237 e. The quantitative estimate of drug-likeness (QED) is 0.518. The lowest BCUT2D eigenvalue weighted by molar-refractivity contribution is -0.123. The van der Waals surface area contributed by atoms with E-state index in [0.717, 1.165) is 6.26 Å². The van der Waals surface area contributed by atoms with Crippen molar-refractivity contribution in [1.29, 1.82) is 0 Å². The molecule has 0 heterocycles. The summed E-state index contributed by atoms with van der Waals surface area (Å²) in [5, 5.41) is 11.4. The fourth-order valence-corrected chi connectivity index (χ4v) is 1.74. The Morgan fingerprint density at radius 2 is 2.06 bits per heavy atom. The molecule has 0 bridgehead atoms. The zero-order chi connectivity index (χ0) is 12.8. The molecule has 0 fully saturated rings. The second-order valence-corrected chi connectivity index (χ2v) is 6.08. The Morgan fingerprint density at radius 1 is 1.50 bits per heavy atom. The first-order chi connectivity index (χ1) is 7.30. The molecule has 0 aromatic carbocycles. The highest BCUT2D eigenvalue weighted by Crippen LogP contribution is 1.96. The second-order valence-electron chi connectivity index (χ2n) is 3.82. The summed E-state index contributed by atoms with van der Waals surface area (Å²) in [4.78, 5) is 11.4. The zero-order valence-electron chi connectivity index (χ0n) is 9.64. The van der Waals surface area contributed by atoms with Crippen molar-refractivity contribution in [2.45, 2.75) is 31.8 Å². The number of carbonyl (C=O) groups excluding carboxylic acids is 1. The summed E-state index contributed by atoms with van der Waals surface area (Å²) in [6, 6.07) is -1.17. The van der Waals surface area contributed by atoms with Gasteiger partial charge in [0.05, 0.1) is 24.4 Å². The largest absolute Gasteiger partial charge is 0.394 e. The molecule has 0 spiro atoms. The van der Waals surface area contributed by atoms with E-state index < -0.39 is 21.8 Å². The molecule has 0 radical (unpaired) electrons. The molecule has 2 unspecified atom stereocenters. The van der Waals surface area contributed by atoms with Gasteiger partial charge in [-0.05, 0) is 12.8 Å². The Hall–Kier alpha value is -0.660. The van der Waals surface area contributed by atoms with Crippen molar-refractivity contribution in [2.75, 3.05) is 18.6 Å².